The van der Waals surface area contributed by atoms with E-state index in [2.05, 4.69) is 0 Å². The molecule has 0 amide bonds. The van der Waals surface area contributed by atoms with Crippen molar-refractivity contribution in [2.75, 3.05) is 35.0 Å². The molecule has 19 heavy (non-hydrogen) atoms. The van der Waals surface area contributed by atoms with Crippen molar-refractivity contribution in [3.63, 3.8) is 0 Å². The molecule has 6 nitrogen and oxygen atoms in total. The lowest BCUT2D eigenvalue weighted by Crippen LogP contribution is -2.61. The van der Waals surface area contributed by atoms with E-state index >= 15 is 0 Å². The lowest BCUT2D eigenvalue weighted by Gasteiger charge is -2.44. The highest BCUT2D eigenvalue weighted by atomic mass is 16.7. The standard InChI is InChI=1S/C13H26O6/c1-8(2)18-13-12(17-6)11(16-5)10(15-4)9(19-13)7-14-3/h8-13H,7H2,1-6H3/t9-,10-,11+,12+,13-/m1/s1. The fourth-order valence-corrected chi connectivity index (χ4v) is 2.36. The molecular formula is C13H26O6. The average molecular weight is 278 g/mol. The molecule has 0 unspecified atom stereocenters. The van der Waals surface area contributed by atoms with E-state index in [-0.39, 0.29) is 30.5 Å². The summed E-state index contributed by atoms with van der Waals surface area (Å²) in [5.41, 5.74) is 0. The summed E-state index contributed by atoms with van der Waals surface area (Å²) in [5.74, 6) is 0. The van der Waals surface area contributed by atoms with E-state index in [0.29, 0.717) is 6.61 Å². The second-order valence-corrected chi connectivity index (χ2v) is 4.78. The highest BCUT2D eigenvalue weighted by Crippen LogP contribution is 2.28. The summed E-state index contributed by atoms with van der Waals surface area (Å²) in [7, 11) is 6.49. The minimum atomic E-state index is -0.499. The van der Waals surface area contributed by atoms with Crippen molar-refractivity contribution in [2.24, 2.45) is 0 Å². The maximum atomic E-state index is 5.90. The zero-order chi connectivity index (χ0) is 14.4. The number of hydrogen-bond donors (Lipinski definition) is 0. The van der Waals surface area contributed by atoms with Crippen LogP contribution in [0.3, 0.4) is 0 Å². The Morgan fingerprint density at radius 3 is 1.89 bits per heavy atom. The Morgan fingerprint density at radius 1 is 0.895 bits per heavy atom. The molecule has 6 heteroatoms. The first-order chi connectivity index (χ1) is 9.08. The van der Waals surface area contributed by atoms with Crippen LogP contribution in [0.5, 0.6) is 0 Å². The predicted octanol–water partition coefficient (Wildman–Crippen LogP) is 0.828. The number of methoxy groups -OCH3 is 4. The molecule has 0 bridgehead atoms. The topological polar surface area (TPSA) is 55.4 Å². The van der Waals surface area contributed by atoms with Gasteiger partial charge in [-0.2, -0.15) is 0 Å². The molecule has 1 fully saturated rings. The zero-order valence-electron chi connectivity index (χ0n) is 12.6. The van der Waals surface area contributed by atoms with Crippen molar-refractivity contribution in [3.05, 3.63) is 0 Å². The smallest absolute Gasteiger partial charge is 0.187 e. The third-order valence-electron chi connectivity index (χ3n) is 3.14. The molecule has 0 aromatic heterocycles. The Bertz CT molecular complexity index is 247. The molecule has 0 radical (unpaired) electrons. The van der Waals surface area contributed by atoms with Crippen LogP contribution in [0.1, 0.15) is 13.8 Å². The van der Waals surface area contributed by atoms with Gasteiger partial charge in [-0.15, -0.1) is 0 Å². The lowest BCUT2D eigenvalue weighted by atomic mass is 9.98. The Hall–Kier alpha value is -0.240. The third kappa shape index (κ3) is 4.11. The Labute approximate surface area is 115 Å². The van der Waals surface area contributed by atoms with Crippen molar-refractivity contribution in [2.45, 2.75) is 50.7 Å². The fourth-order valence-electron chi connectivity index (χ4n) is 2.36. The van der Waals surface area contributed by atoms with Gasteiger partial charge in [-0.1, -0.05) is 0 Å². The molecule has 1 heterocycles. The van der Waals surface area contributed by atoms with Crippen LogP contribution in [-0.4, -0.2) is 71.9 Å². The van der Waals surface area contributed by atoms with Gasteiger partial charge in [-0.05, 0) is 13.8 Å². The van der Waals surface area contributed by atoms with Crippen LogP contribution in [0, 0.1) is 0 Å². The normalized spacial score (nSPS) is 35.8. The van der Waals surface area contributed by atoms with Gasteiger partial charge in [-0.3, -0.25) is 0 Å². The fraction of sp³-hybridized carbons (Fsp3) is 1.00. The number of ether oxygens (including phenoxy) is 6. The lowest BCUT2D eigenvalue weighted by molar-refractivity contribution is -0.319. The van der Waals surface area contributed by atoms with Gasteiger partial charge >= 0.3 is 0 Å². The monoisotopic (exact) mass is 278 g/mol. The van der Waals surface area contributed by atoms with Crippen LogP contribution in [0.2, 0.25) is 0 Å². The average Bonchev–Trinajstić information content (AvgIpc) is 2.37. The summed E-state index contributed by atoms with van der Waals surface area (Å²) in [5, 5.41) is 0. The molecule has 0 aliphatic carbocycles. The van der Waals surface area contributed by atoms with Crippen molar-refractivity contribution in [1.29, 1.82) is 0 Å². The summed E-state index contributed by atoms with van der Waals surface area (Å²) in [6.07, 6.45) is -1.60. The van der Waals surface area contributed by atoms with Gasteiger partial charge in [0.25, 0.3) is 0 Å². The van der Waals surface area contributed by atoms with E-state index in [1.54, 1.807) is 28.4 Å². The predicted molar refractivity (Wildman–Crippen MR) is 69.1 cm³/mol. The molecule has 0 aromatic rings. The maximum Gasteiger partial charge on any atom is 0.187 e. The van der Waals surface area contributed by atoms with Gasteiger partial charge in [0.1, 0.15) is 24.4 Å². The molecule has 5 atom stereocenters. The molecule has 0 saturated carbocycles. The second-order valence-electron chi connectivity index (χ2n) is 4.78. The Kier molecular flexibility index (Phi) is 7.20. The summed E-state index contributed by atoms with van der Waals surface area (Å²) in [6.45, 7) is 4.31. The van der Waals surface area contributed by atoms with Crippen molar-refractivity contribution in [1.82, 2.24) is 0 Å². The molecule has 1 rings (SSSR count). The molecule has 1 aliphatic heterocycles. The van der Waals surface area contributed by atoms with Gasteiger partial charge in [-0.25, -0.2) is 0 Å². The van der Waals surface area contributed by atoms with Crippen LogP contribution >= 0.6 is 0 Å². The molecule has 1 aliphatic rings. The minimum Gasteiger partial charge on any atom is -0.382 e. The second kappa shape index (κ2) is 8.14. The summed E-state index contributed by atoms with van der Waals surface area (Å²) < 4.78 is 33.3. The summed E-state index contributed by atoms with van der Waals surface area (Å²) in [4.78, 5) is 0. The first-order valence-electron chi connectivity index (χ1n) is 6.47. The largest absolute Gasteiger partial charge is 0.382 e. The summed E-state index contributed by atoms with van der Waals surface area (Å²) in [6, 6.07) is 0. The van der Waals surface area contributed by atoms with E-state index in [0.717, 1.165) is 0 Å². The van der Waals surface area contributed by atoms with E-state index in [9.17, 15) is 0 Å². The molecular weight excluding hydrogens is 252 g/mol. The minimum absolute atomic E-state index is 0.0300. The van der Waals surface area contributed by atoms with Crippen molar-refractivity contribution < 1.29 is 28.4 Å². The number of hydrogen-bond acceptors (Lipinski definition) is 6. The van der Waals surface area contributed by atoms with E-state index in [4.69, 9.17) is 28.4 Å². The van der Waals surface area contributed by atoms with Crippen LogP contribution in [0.15, 0.2) is 0 Å². The van der Waals surface area contributed by atoms with Crippen LogP contribution in [-0.2, 0) is 28.4 Å². The van der Waals surface area contributed by atoms with E-state index in [1.807, 2.05) is 13.8 Å². The van der Waals surface area contributed by atoms with Crippen molar-refractivity contribution >= 4 is 0 Å². The molecule has 0 spiro atoms. The zero-order valence-corrected chi connectivity index (χ0v) is 12.6. The van der Waals surface area contributed by atoms with Crippen LogP contribution < -0.4 is 0 Å². The van der Waals surface area contributed by atoms with Crippen LogP contribution in [0.25, 0.3) is 0 Å². The first-order valence-corrected chi connectivity index (χ1v) is 6.47. The highest BCUT2D eigenvalue weighted by Gasteiger charge is 2.47. The number of rotatable bonds is 7. The van der Waals surface area contributed by atoms with Gasteiger partial charge in [0.15, 0.2) is 6.29 Å². The highest BCUT2D eigenvalue weighted by molar-refractivity contribution is 4.92. The Morgan fingerprint density at radius 2 is 1.47 bits per heavy atom. The molecule has 1 saturated heterocycles. The Balaban J connectivity index is 2.88. The van der Waals surface area contributed by atoms with Gasteiger partial charge < -0.3 is 28.4 Å². The molecule has 114 valence electrons. The third-order valence-corrected chi connectivity index (χ3v) is 3.14. The van der Waals surface area contributed by atoms with Gasteiger partial charge in [0.05, 0.1) is 12.7 Å². The van der Waals surface area contributed by atoms with Gasteiger partial charge in [0, 0.05) is 28.4 Å². The maximum absolute atomic E-state index is 5.90. The molecule has 0 aromatic carbocycles. The SMILES string of the molecule is COC[C@H]1O[C@@H](OC(C)C)[C@@H](OC)[C@@H](OC)[C@@H]1OC. The molecule has 0 N–H and O–H groups in total. The van der Waals surface area contributed by atoms with Gasteiger partial charge in [0.2, 0.25) is 0 Å². The van der Waals surface area contributed by atoms with E-state index in [1.165, 1.54) is 0 Å². The van der Waals surface area contributed by atoms with Crippen molar-refractivity contribution in [3.8, 4) is 0 Å². The first kappa shape index (κ1) is 16.8. The summed E-state index contributed by atoms with van der Waals surface area (Å²) >= 11 is 0. The van der Waals surface area contributed by atoms with Crippen LogP contribution in [0.4, 0.5) is 0 Å². The van der Waals surface area contributed by atoms with E-state index < -0.39 is 6.29 Å². The quantitative estimate of drug-likeness (QED) is 0.687.